The van der Waals surface area contributed by atoms with Gasteiger partial charge in [-0.3, -0.25) is 4.79 Å². The quantitative estimate of drug-likeness (QED) is 0.692. The summed E-state index contributed by atoms with van der Waals surface area (Å²) < 4.78 is 0. The summed E-state index contributed by atoms with van der Waals surface area (Å²) >= 11 is 0. The number of amides is 1. The lowest BCUT2D eigenvalue weighted by molar-refractivity contribution is -0.128. The Morgan fingerprint density at radius 2 is 2.07 bits per heavy atom. The number of hydrogen-bond donors (Lipinski definition) is 3. The molecule has 0 unspecified atom stereocenters. The number of carbonyl (C=O) groups is 1. The molecule has 1 amide bonds. The molecule has 1 saturated heterocycles. The predicted molar refractivity (Wildman–Crippen MR) is 109 cm³/mol. The van der Waals surface area contributed by atoms with Gasteiger partial charge in [0.15, 0.2) is 0 Å². The second-order valence-corrected chi connectivity index (χ2v) is 7.45. The van der Waals surface area contributed by atoms with E-state index in [0.717, 1.165) is 24.1 Å². The minimum absolute atomic E-state index is 0.0876. The van der Waals surface area contributed by atoms with Crippen LogP contribution in [0, 0.1) is 0 Å². The number of benzene rings is 1. The van der Waals surface area contributed by atoms with Gasteiger partial charge in [-0.05, 0) is 47.0 Å². The topological polar surface area (TPSA) is 99.2 Å². The summed E-state index contributed by atoms with van der Waals surface area (Å²) in [7, 11) is -1.57. The van der Waals surface area contributed by atoms with Crippen molar-refractivity contribution in [1.29, 1.82) is 0 Å². The van der Waals surface area contributed by atoms with Gasteiger partial charge in [-0.15, -0.1) is 0 Å². The van der Waals surface area contributed by atoms with Crippen LogP contribution in [-0.2, 0) is 11.3 Å². The molecule has 0 aromatic heterocycles. The number of likely N-dealkylation sites (tertiary alicyclic amines) is 1. The monoisotopic (exact) mass is 377 g/mol. The Kier molecular flexibility index (Phi) is 5.30. The zero-order valence-electron chi connectivity index (χ0n) is 15.7. The van der Waals surface area contributed by atoms with Crippen LogP contribution in [-0.4, -0.2) is 46.8 Å². The molecule has 6 nitrogen and oxygen atoms in total. The van der Waals surface area contributed by atoms with Crippen molar-refractivity contribution < 1.29 is 14.8 Å². The fourth-order valence-electron chi connectivity index (χ4n) is 4.14. The van der Waals surface area contributed by atoms with E-state index in [1.54, 1.807) is 12.2 Å². The number of aliphatic imine (C=N–C) groups is 1. The maximum atomic E-state index is 12.9. The van der Waals surface area contributed by atoms with E-state index < -0.39 is 7.12 Å². The largest absolute Gasteiger partial charge is 0.489 e. The summed E-state index contributed by atoms with van der Waals surface area (Å²) in [5.41, 5.74) is 10.3. The molecule has 2 aliphatic heterocycles. The van der Waals surface area contributed by atoms with E-state index >= 15 is 0 Å². The Bertz CT molecular complexity index is 909. The minimum atomic E-state index is -1.57. The van der Waals surface area contributed by atoms with Gasteiger partial charge >= 0.3 is 7.12 Å². The molecule has 0 saturated carbocycles. The molecule has 0 bridgehead atoms. The highest BCUT2D eigenvalue weighted by molar-refractivity contribution is 6.53. The highest BCUT2D eigenvalue weighted by Crippen LogP contribution is 2.31. The molecule has 0 radical (unpaired) electrons. The fraction of sp³-hybridized carbons (Fsp3) is 0.333. The Morgan fingerprint density at radius 1 is 1.29 bits per heavy atom. The predicted octanol–water partition coefficient (Wildman–Crippen LogP) is 1.46. The second kappa shape index (κ2) is 7.87. The molecule has 1 aromatic rings. The molecule has 1 aliphatic carbocycles. The van der Waals surface area contributed by atoms with Crippen LogP contribution < -0.4 is 5.73 Å². The van der Waals surface area contributed by atoms with Crippen molar-refractivity contribution in [3.05, 3.63) is 70.4 Å². The van der Waals surface area contributed by atoms with Crippen LogP contribution in [0.4, 0.5) is 0 Å². The summed E-state index contributed by atoms with van der Waals surface area (Å²) in [6.45, 7) is 1.91. The van der Waals surface area contributed by atoms with Gasteiger partial charge in [-0.2, -0.15) is 0 Å². The maximum Gasteiger partial charge on any atom is 0.489 e. The van der Waals surface area contributed by atoms with E-state index in [1.165, 1.54) is 5.56 Å². The maximum absolute atomic E-state index is 12.9. The number of hydrogen-bond acceptors (Lipinski definition) is 5. The molecule has 0 atom stereocenters. The Hall–Kier alpha value is -2.48. The van der Waals surface area contributed by atoms with E-state index in [0.29, 0.717) is 48.7 Å². The standard InChI is InChI=1S/C21H24BN3O3/c23-13-14-3-1-4-16(11-14)15-7-9-25(10-8-15)21(26)20-12-17-18(22(27)28)5-2-6-19(17)24-20/h1-5,11-12,15,27-28H,6-10,13,23H2. The van der Waals surface area contributed by atoms with Crippen LogP contribution in [0.25, 0.3) is 0 Å². The second-order valence-electron chi connectivity index (χ2n) is 7.45. The minimum Gasteiger partial charge on any atom is -0.423 e. The number of fused-ring (bicyclic) bond motifs is 1. The average molecular weight is 377 g/mol. The van der Waals surface area contributed by atoms with Gasteiger partial charge in [0.05, 0.1) is 5.71 Å². The first kappa shape index (κ1) is 18.9. The average Bonchev–Trinajstić information content (AvgIpc) is 3.17. The van der Waals surface area contributed by atoms with Crippen LogP contribution in [0.15, 0.2) is 64.2 Å². The summed E-state index contributed by atoms with van der Waals surface area (Å²) in [4.78, 5) is 19.2. The van der Waals surface area contributed by atoms with Crippen LogP contribution in [0.3, 0.4) is 0 Å². The summed E-state index contributed by atoms with van der Waals surface area (Å²) in [6.07, 6.45) is 7.62. The van der Waals surface area contributed by atoms with E-state index in [1.807, 2.05) is 23.1 Å². The SMILES string of the molecule is NCc1cccc(C2CCN(C(=O)C3=CC4=C(B(O)O)C=CCC4=N3)CC2)c1. The molecule has 28 heavy (non-hydrogen) atoms. The first-order valence-electron chi connectivity index (χ1n) is 9.71. The van der Waals surface area contributed by atoms with Gasteiger partial charge in [0.25, 0.3) is 5.91 Å². The smallest absolute Gasteiger partial charge is 0.423 e. The molecule has 7 heteroatoms. The number of allylic oxidation sites excluding steroid dienone is 5. The highest BCUT2D eigenvalue weighted by atomic mass is 16.4. The van der Waals surface area contributed by atoms with Gasteiger partial charge in [0.1, 0.15) is 5.70 Å². The zero-order chi connectivity index (χ0) is 19.7. The number of nitrogens with two attached hydrogens (primary N) is 1. The molecular weight excluding hydrogens is 353 g/mol. The lowest BCUT2D eigenvalue weighted by Gasteiger charge is -2.32. The van der Waals surface area contributed by atoms with E-state index in [2.05, 4.69) is 17.1 Å². The van der Waals surface area contributed by atoms with Gasteiger partial charge in [-0.25, -0.2) is 4.99 Å². The Morgan fingerprint density at radius 3 is 2.79 bits per heavy atom. The third-order valence-corrected chi connectivity index (χ3v) is 5.70. The van der Waals surface area contributed by atoms with Gasteiger partial charge in [0, 0.05) is 26.1 Å². The van der Waals surface area contributed by atoms with E-state index in [9.17, 15) is 14.8 Å². The van der Waals surface area contributed by atoms with Crippen molar-refractivity contribution >= 4 is 18.7 Å². The molecule has 1 fully saturated rings. The van der Waals surface area contributed by atoms with Gasteiger partial charge in [-0.1, -0.05) is 36.4 Å². The van der Waals surface area contributed by atoms with Crippen molar-refractivity contribution in [2.24, 2.45) is 10.7 Å². The van der Waals surface area contributed by atoms with E-state index in [4.69, 9.17) is 5.73 Å². The lowest BCUT2D eigenvalue weighted by atomic mass is 9.73. The van der Waals surface area contributed by atoms with Crippen molar-refractivity contribution in [2.75, 3.05) is 13.1 Å². The zero-order valence-corrected chi connectivity index (χ0v) is 15.7. The Labute approximate surface area is 164 Å². The molecule has 2 heterocycles. The van der Waals surface area contributed by atoms with Crippen LogP contribution >= 0.6 is 0 Å². The van der Waals surface area contributed by atoms with Crippen LogP contribution in [0.2, 0.25) is 0 Å². The third-order valence-electron chi connectivity index (χ3n) is 5.70. The molecule has 4 rings (SSSR count). The fourth-order valence-corrected chi connectivity index (χ4v) is 4.14. The molecule has 1 aromatic carbocycles. The van der Waals surface area contributed by atoms with E-state index in [-0.39, 0.29) is 5.91 Å². The molecule has 0 spiro atoms. The van der Waals surface area contributed by atoms with Crippen molar-refractivity contribution in [1.82, 2.24) is 4.90 Å². The van der Waals surface area contributed by atoms with Crippen molar-refractivity contribution in [3.63, 3.8) is 0 Å². The summed E-state index contributed by atoms with van der Waals surface area (Å²) in [6, 6.07) is 8.39. The first-order valence-corrected chi connectivity index (χ1v) is 9.71. The number of rotatable bonds is 4. The third kappa shape index (κ3) is 3.61. The summed E-state index contributed by atoms with van der Waals surface area (Å²) in [5.74, 6) is 0.348. The van der Waals surface area contributed by atoms with Gasteiger partial charge in [0.2, 0.25) is 0 Å². The Balaban J connectivity index is 1.44. The highest BCUT2D eigenvalue weighted by Gasteiger charge is 2.31. The van der Waals surface area contributed by atoms with Crippen molar-refractivity contribution in [2.45, 2.75) is 31.7 Å². The van der Waals surface area contributed by atoms with Gasteiger partial charge < -0.3 is 20.7 Å². The number of piperidine rings is 1. The lowest BCUT2D eigenvalue weighted by Crippen LogP contribution is -2.38. The molecule has 3 aliphatic rings. The molecular formula is C21H24BN3O3. The van der Waals surface area contributed by atoms with Crippen molar-refractivity contribution in [3.8, 4) is 0 Å². The number of carbonyl (C=O) groups excluding carboxylic acids is 1. The van der Waals surface area contributed by atoms with Crippen LogP contribution in [0.1, 0.15) is 36.3 Å². The molecule has 4 N–H and O–H groups in total. The number of nitrogens with zero attached hydrogens (tertiary/aromatic N) is 2. The molecule has 144 valence electrons. The van der Waals surface area contributed by atoms with Crippen LogP contribution in [0.5, 0.6) is 0 Å². The summed E-state index contributed by atoms with van der Waals surface area (Å²) in [5, 5.41) is 19.1. The first-order chi connectivity index (χ1) is 13.6. The normalized spacial score (nSPS) is 19.5.